The summed E-state index contributed by atoms with van der Waals surface area (Å²) in [5.41, 5.74) is 1.57. The molecule has 2 aromatic rings. The third kappa shape index (κ3) is 3.81. The van der Waals surface area contributed by atoms with Crippen molar-refractivity contribution >= 4 is 5.97 Å². The molecule has 0 fully saturated rings. The third-order valence-corrected chi connectivity index (χ3v) is 3.24. The molecule has 2 aromatic carbocycles. The van der Waals surface area contributed by atoms with Crippen LogP contribution < -0.4 is 4.74 Å². The van der Waals surface area contributed by atoms with E-state index in [1.165, 1.54) is 17.7 Å². The Morgan fingerprint density at radius 3 is 2.43 bits per heavy atom. The fraction of sp³-hybridized carbons (Fsp3) is 0.235. The molecule has 0 radical (unpaired) electrons. The van der Waals surface area contributed by atoms with Crippen LogP contribution >= 0.6 is 0 Å². The van der Waals surface area contributed by atoms with E-state index in [1.807, 2.05) is 24.3 Å². The molecular formula is C17H17FO3. The van der Waals surface area contributed by atoms with Gasteiger partial charge in [0.15, 0.2) is 0 Å². The van der Waals surface area contributed by atoms with Crippen LogP contribution in [0.1, 0.15) is 41.3 Å². The van der Waals surface area contributed by atoms with Crippen LogP contribution in [-0.2, 0) is 6.61 Å². The molecule has 3 nitrogen and oxygen atoms in total. The minimum atomic E-state index is -1.16. The lowest BCUT2D eigenvalue weighted by Crippen LogP contribution is -2.06. The molecule has 1 N–H and O–H groups in total. The highest BCUT2D eigenvalue weighted by molar-refractivity contribution is 5.89. The largest absolute Gasteiger partial charge is 0.489 e. The van der Waals surface area contributed by atoms with Gasteiger partial charge in [-0.15, -0.1) is 0 Å². The molecule has 0 aliphatic heterocycles. The van der Waals surface area contributed by atoms with Crippen LogP contribution in [0.4, 0.5) is 4.39 Å². The minimum absolute atomic E-state index is 0.0752. The lowest BCUT2D eigenvalue weighted by atomic mass is 10.0. The highest BCUT2D eigenvalue weighted by Crippen LogP contribution is 2.20. The number of rotatable bonds is 5. The van der Waals surface area contributed by atoms with Gasteiger partial charge in [-0.05, 0) is 35.7 Å². The number of aromatic carboxylic acids is 1. The van der Waals surface area contributed by atoms with Crippen LogP contribution in [0.3, 0.4) is 0 Å². The van der Waals surface area contributed by atoms with Crippen molar-refractivity contribution in [2.75, 3.05) is 0 Å². The van der Waals surface area contributed by atoms with Crippen LogP contribution in [0.25, 0.3) is 0 Å². The topological polar surface area (TPSA) is 46.5 Å². The van der Waals surface area contributed by atoms with Gasteiger partial charge in [-0.2, -0.15) is 0 Å². The van der Waals surface area contributed by atoms with E-state index in [-0.39, 0.29) is 12.2 Å². The van der Waals surface area contributed by atoms with Gasteiger partial charge in [0, 0.05) is 5.56 Å². The number of carboxylic acids is 1. The van der Waals surface area contributed by atoms with Crippen molar-refractivity contribution in [3.63, 3.8) is 0 Å². The molecule has 0 saturated carbocycles. The molecule has 0 spiro atoms. The standard InChI is InChI=1S/C17H17FO3/c1-11(2)12-4-7-15(8-5-12)21-10-13-3-6-14(18)9-16(13)17(19)20/h3-9,11H,10H2,1-2H3,(H,19,20). The zero-order valence-corrected chi connectivity index (χ0v) is 12.0. The van der Waals surface area contributed by atoms with Gasteiger partial charge in [0.25, 0.3) is 0 Å². The van der Waals surface area contributed by atoms with E-state index in [1.54, 1.807) is 0 Å². The molecule has 0 amide bonds. The van der Waals surface area contributed by atoms with E-state index >= 15 is 0 Å². The van der Waals surface area contributed by atoms with E-state index in [0.29, 0.717) is 17.2 Å². The number of hydrogen-bond acceptors (Lipinski definition) is 2. The zero-order chi connectivity index (χ0) is 15.4. The van der Waals surface area contributed by atoms with Gasteiger partial charge in [0.1, 0.15) is 18.2 Å². The number of halogens is 1. The average molecular weight is 288 g/mol. The molecule has 110 valence electrons. The predicted molar refractivity (Wildman–Crippen MR) is 78.2 cm³/mol. The Morgan fingerprint density at radius 1 is 1.19 bits per heavy atom. The van der Waals surface area contributed by atoms with Gasteiger partial charge in [0.05, 0.1) is 5.56 Å². The lowest BCUT2D eigenvalue weighted by Gasteiger charge is -2.10. The van der Waals surface area contributed by atoms with Crippen molar-refractivity contribution in [1.29, 1.82) is 0 Å². The van der Waals surface area contributed by atoms with Crippen molar-refractivity contribution < 1.29 is 19.0 Å². The number of hydrogen-bond donors (Lipinski definition) is 1. The van der Waals surface area contributed by atoms with E-state index in [9.17, 15) is 9.18 Å². The van der Waals surface area contributed by atoms with Crippen LogP contribution in [0.5, 0.6) is 5.75 Å². The normalized spacial score (nSPS) is 10.7. The highest BCUT2D eigenvalue weighted by atomic mass is 19.1. The Kier molecular flexibility index (Phi) is 4.58. The Labute approximate surface area is 123 Å². The summed E-state index contributed by atoms with van der Waals surface area (Å²) < 4.78 is 18.7. The third-order valence-electron chi connectivity index (χ3n) is 3.24. The Bertz CT molecular complexity index is 633. The fourth-order valence-corrected chi connectivity index (χ4v) is 1.98. The van der Waals surface area contributed by atoms with Crippen LogP contribution in [0, 0.1) is 5.82 Å². The average Bonchev–Trinajstić information content (AvgIpc) is 2.46. The quantitative estimate of drug-likeness (QED) is 0.895. The second kappa shape index (κ2) is 6.39. The Hall–Kier alpha value is -2.36. The molecular weight excluding hydrogens is 271 g/mol. The van der Waals surface area contributed by atoms with Crippen molar-refractivity contribution in [2.24, 2.45) is 0 Å². The summed E-state index contributed by atoms with van der Waals surface area (Å²) in [6.07, 6.45) is 0. The molecule has 0 aromatic heterocycles. The lowest BCUT2D eigenvalue weighted by molar-refractivity contribution is 0.0693. The van der Waals surface area contributed by atoms with E-state index in [2.05, 4.69) is 13.8 Å². The molecule has 0 heterocycles. The van der Waals surface area contributed by atoms with E-state index in [4.69, 9.17) is 9.84 Å². The summed E-state index contributed by atoms with van der Waals surface area (Å²) in [7, 11) is 0. The van der Waals surface area contributed by atoms with Crippen LogP contribution in [0.2, 0.25) is 0 Å². The molecule has 0 saturated heterocycles. The maximum absolute atomic E-state index is 13.1. The summed E-state index contributed by atoms with van der Waals surface area (Å²) in [6, 6.07) is 11.3. The molecule has 0 atom stereocenters. The second-order valence-electron chi connectivity index (χ2n) is 5.12. The Morgan fingerprint density at radius 2 is 1.86 bits per heavy atom. The SMILES string of the molecule is CC(C)c1ccc(OCc2ccc(F)cc2C(=O)O)cc1. The van der Waals surface area contributed by atoms with E-state index in [0.717, 1.165) is 6.07 Å². The predicted octanol–water partition coefficient (Wildman–Crippen LogP) is 4.23. The van der Waals surface area contributed by atoms with Crippen molar-refractivity contribution in [1.82, 2.24) is 0 Å². The van der Waals surface area contributed by atoms with Gasteiger partial charge in [0.2, 0.25) is 0 Å². The molecule has 21 heavy (non-hydrogen) atoms. The first-order valence-corrected chi connectivity index (χ1v) is 6.72. The van der Waals surface area contributed by atoms with Crippen molar-refractivity contribution in [2.45, 2.75) is 26.4 Å². The molecule has 2 rings (SSSR count). The van der Waals surface area contributed by atoms with Gasteiger partial charge < -0.3 is 9.84 Å². The molecule has 4 heteroatoms. The van der Waals surface area contributed by atoms with Gasteiger partial charge in [-0.3, -0.25) is 0 Å². The first kappa shape index (κ1) is 15.0. The monoisotopic (exact) mass is 288 g/mol. The molecule has 0 unspecified atom stereocenters. The summed E-state index contributed by atoms with van der Waals surface area (Å²) in [5, 5.41) is 9.06. The Balaban J connectivity index is 2.11. The maximum atomic E-state index is 13.1. The van der Waals surface area contributed by atoms with Crippen molar-refractivity contribution in [3.05, 3.63) is 65.0 Å². The highest BCUT2D eigenvalue weighted by Gasteiger charge is 2.11. The molecule has 0 aliphatic rings. The first-order valence-electron chi connectivity index (χ1n) is 6.72. The zero-order valence-electron chi connectivity index (χ0n) is 12.0. The number of benzene rings is 2. The van der Waals surface area contributed by atoms with Gasteiger partial charge in [-0.1, -0.05) is 32.0 Å². The molecule has 0 aliphatic carbocycles. The number of carboxylic acid groups (broad SMARTS) is 1. The number of carbonyl (C=O) groups is 1. The van der Waals surface area contributed by atoms with Gasteiger partial charge in [-0.25, -0.2) is 9.18 Å². The number of ether oxygens (including phenoxy) is 1. The summed E-state index contributed by atoms with van der Waals surface area (Å²) in [6.45, 7) is 4.30. The fourth-order valence-electron chi connectivity index (χ4n) is 1.98. The smallest absolute Gasteiger partial charge is 0.336 e. The second-order valence-corrected chi connectivity index (χ2v) is 5.12. The molecule has 0 bridgehead atoms. The van der Waals surface area contributed by atoms with Gasteiger partial charge >= 0.3 is 5.97 Å². The first-order chi connectivity index (χ1) is 9.97. The maximum Gasteiger partial charge on any atom is 0.336 e. The summed E-state index contributed by atoms with van der Waals surface area (Å²) >= 11 is 0. The minimum Gasteiger partial charge on any atom is -0.489 e. The van der Waals surface area contributed by atoms with E-state index < -0.39 is 11.8 Å². The van der Waals surface area contributed by atoms with Crippen LogP contribution in [0.15, 0.2) is 42.5 Å². The summed E-state index contributed by atoms with van der Waals surface area (Å²) in [4.78, 5) is 11.1. The summed E-state index contributed by atoms with van der Waals surface area (Å²) in [5.74, 6) is -0.643. The van der Waals surface area contributed by atoms with Crippen LogP contribution in [-0.4, -0.2) is 11.1 Å². The van der Waals surface area contributed by atoms with Crippen molar-refractivity contribution in [3.8, 4) is 5.75 Å².